The van der Waals surface area contributed by atoms with Crippen LogP contribution in [0.3, 0.4) is 0 Å². The standard InChI is InChI=1S/C18H19F8N5O2.CH4/c19-16(20)3-1-12(32)31(8-16)6-9(27)5-13(33)30-4-2-10-11(7-30)28-15(18(24,25)26)29-14(10)17(21,22)23;/h9H,1-8,27H2;1H4/t9-;/m0./s1. The number of aromatic nitrogens is 2. The first-order valence-corrected chi connectivity index (χ1v) is 9.80. The van der Waals surface area contributed by atoms with E-state index in [4.69, 9.17) is 5.73 Å². The van der Waals surface area contributed by atoms with Crippen molar-refractivity contribution in [3.05, 3.63) is 22.8 Å². The average molecular weight is 505 g/mol. The monoisotopic (exact) mass is 505 g/mol. The number of carbonyl (C=O) groups excluding carboxylic acids is 2. The van der Waals surface area contributed by atoms with Gasteiger partial charge in [-0.3, -0.25) is 9.59 Å². The van der Waals surface area contributed by atoms with Crippen molar-refractivity contribution in [3.8, 4) is 0 Å². The summed E-state index contributed by atoms with van der Waals surface area (Å²) in [5, 5.41) is 0. The Morgan fingerprint density at radius 1 is 1.09 bits per heavy atom. The van der Waals surface area contributed by atoms with E-state index in [1.54, 1.807) is 0 Å². The molecule has 192 valence electrons. The molecule has 2 aliphatic heterocycles. The molecule has 0 spiro atoms. The molecule has 7 nitrogen and oxygen atoms in total. The van der Waals surface area contributed by atoms with E-state index in [-0.39, 0.29) is 26.9 Å². The van der Waals surface area contributed by atoms with Crippen molar-refractivity contribution in [1.29, 1.82) is 0 Å². The molecule has 3 rings (SSSR count). The molecule has 0 aliphatic carbocycles. The van der Waals surface area contributed by atoms with E-state index in [0.29, 0.717) is 0 Å². The van der Waals surface area contributed by atoms with Crippen molar-refractivity contribution >= 4 is 11.8 Å². The van der Waals surface area contributed by atoms with Gasteiger partial charge in [-0.15, -0.1) is 0 Å². The molecule has 2 amide bonds. The van der Waals surface area contributed by atoms with Gasteiger partial charge in [0.15, 0.2) is 5.69 Å². The summed E-state index contributed by atoms with van der Waals surface area (Å²) in [5.41, 5.74) is 3.01. The number of carbonyl (C=O) groups is 2. The minimum atomic E-state index is -5.23. The number of fused-ring (bicyclic) bond motifs is 1. The molecule has 0 radical (unpaired) electrons. The van der Waals surface area contributed by atoms with Crippen molar-refractivity contribution < 1.29 is 44.7 Å². The molecule has 1 aromatic rings. The van der Waals surface area contributed by atoms with E-state index in [0.717, 1.165) is 9.80 Å². The molecule has 1 aromatic heterocycles. The highest BCUT2D eigenvalue weighted by Gasteiger charge is 2.44. The molecular formula is C19H23F8N5O2. The van der Waals surface area contributed by atoms with E-state index in [9.17, 15) is 44.7 Å². The topological polar surface area (TPSA) is 92.4 Å². The zero-order chi connectivity index (χ0) is 24.8. The predicted octanol–water partition coefficient (Wildman–Crippen LogP) is 3.01. The van der Waals surface area contributed by atoms with Gasteiger partial charge in [0.2, 0.25) is 17.6 Å². The smallest absolute Gasteiger partial charge is 0.336 e. The molecule has 1 atom stereocenters. The Hall–Kier alpha value is -2.58. The molecular weight excluding hydrogens is 482 g/mol. The van der Waals surface area contributed by atoms with Crippen LogP contribution in [-0.4, -0.2) is 63.2 Å². The van der Waals surface area contributed by atoms with E-state index in [2.05, 4.69) is 9.97 Å². The van der Waals surface area contributed by atoms with Crippen molar-refractivity contribution in [2.75, 3.05) is 19.6 Å². The van der Waals surface area contributed by atoms with Crippen molar-refractivity contribution in [2.24, 2.45) is 5.73 Å². The minimum Gasteiger partial charge on any atom is -0.336 e. The first-order chi connectivity index (χ1) is 15.1. The highest BCUT2D eigenvalue weighted by molar-refractivity contribution is 5.78. The Labute approximate surface area is 189 Å². The highest BCUT2D eigenvalue weighted by Crippen LogP contribution is 2.37. The van der Waals surface area contributed by atoms with Gasteiger partial charge in [-0.1, -0.05) is 7.43 Å². The van der Waals surface area contributed by atoms with Gasteiger partial charge in [-0.05, 0) is 6.42 Å². The summed E-state index contributed by atoms with van der Waals surface area (Å²) >= 11 is 0. The van der Waals surface area contributed by atoms with Gasteiger partial charge >= 0.3 is 12.4 Å². The van der Waals surface area contributed by atoms with Crippen LogP contribution in [0, 0.1) is 0 Å². The van der Waals surface area contributed by atoms with Gasteiger partial charge in [0, 0.05) is 44.0 Å². The number of likely N-dealkylation sites (tertiary alicyclic amines) is 1. The number of nitrogens with zero attached hydrogens (tertiary/aromatic N) is 4. The van der Waals surface area contributed by atoms with Crippen molar-refractivity contribution in [1.82, 2.24) is 19.8 Å². The number of hydrogen-bond donors (Lipinski definition) is 1. The van der Waals surface area contributed by atoms with Gasteiger partial charge < -0.3 is 15.5 Å². The first-order valence-electron chi connectivity index (χ1n) is 9.80. The van der Waals surface area contributed by atoms with Crippen LogP contribution in [0.4, 0.5) is 35.1 Å². The maximum Gasteiger partial charge on any atom is 0.451 e. The third-order valence-electron chi connectivity index (χ3n) is 5.31. The number of alkyl halides is 8. The van der Waals surface area contributed by atoms with Crippen molar-refractivity contribution in [3.63, 3.8) is 0 Å². The van der Waals surface area contributed by atoms with Crippen LogP contribution in [0.25, 0.3) is 0 Å². The lowest BCUT2D eigenvalue weighted by Crippen LogP contribution is -2.51. The summed E-state index contributed by atoms with van der Waals surface area (Å²) in [4.78, 5) is 32.0. The van der Waals surface area contributed by atoms with E-state index in [1.165, 1.54) is 0 Å². The lowest BCUT2D eigenvalue weighted by molar-refractivity contribution is -0.153. The summed E-state index contributed by atoms with van der Waals surface area (Å²) in [7, 11) is 0. The van der Waals surface area contributed by atoms with Gasteiger partial charge in [-0.25, -0.2) is 18.7 Å². The van der Waals surface area contributed by atoms with Crippen LogP contribution in [0.15, 0.2) is 0 Å². The fourth-order valence-electron chi connectivity index (χ4n) is 3.77. The molecule has 0 bridgehead atoms. The predicted molar refractivity (Wildman–Crippen MR) is 101 cm³/mol. The van der Waals surface area contributed by atoms with Crippen LogP contribution in [-0.2, 0) is 34.9 Å². The summed E-state index contributed by atoms with van der Waals surface area (Å²) in [5.74, 6) is -6.32. The number of rotatable bonds is 4. The summed E-state index contributed by atoms with van der Waals surface area (Å²) in [6.45, 7) is -2.07. The fraction of sp³-hybridized carbons (Fsp3) is 0.684. The number of piperidine rings is 1. The number of hydrogen-bond acceptors (Lipinski definition) is 5. The van der Waals surface area contributed by atoms with Gasteiger partial charge in [0.25, 0.3) is 5.92 Å². The second-order valence-corrected chi connectivity index (χ2v) is 7.98. The zero-order valence-electron chi connectivity index (χ0n) is 16.9. The molecule has 2 N–H and O–H groups in total. The Bertz CT molecular complexity index is 934. The first kappa shape index (κ1) is 27.7. The molecule has 0 aromatic carbocycles. The van der Waals surface area contributed by atoms with Gasteiger partial charge in [0.1, 0.15) is 0 Å². The fourth-order valence-corrected chi connectivity index (χ4v) is 3.77. The average Bonchev–Trinajstić information content (AvgIpc) is 2.67. The summed E-state index contributed by atoms with van der Waals surface area (Å²) in [6, 6.07) is -1.06. The lowest BCUT2D eigenvalue weighted by atomic mass is 10.0. The quantitative estimate of drug-likeness (QED) is 0.636. The molecule has 1 saturated heterocycles. The summed E-state index contributed by atoms with van der Waals surface area (Å²) in [6.07, 6.45) is -12.2. The Kier molecular flexibility index (Phi) is 7.80. The van der Waals surface area contributed by atoms with Gasteiger partial charge in [-0.2, -0.15) is 26.3 Å². The van der Waals surface area contributed by atoms with Crippen LogP contribution in [0.5, 0.6) is 0 Å². The van der Waals surface area contributed by atoms with Crippen LogP contribution >= 0.6 is 0 Å². The lowest BCUT2D eigenvalue weighted by Gasteiger charge is -2.34. The highest BCUT2D eigenvalue weighted by atomic mass is 19.4. The van der Waals surface area contributed by atoms with Gasteiger partial charge in [0.05, 0.1) is 18.8 Å². The third kappa shape index (κ3) is 6.30. The van der Waals surface area contributed by atoms with E-state index >= 15 is 0 Å². The SMILES string of the molecule is C.N[C@@H](CC(=O)N1CCc2c(nc(C(F)(F)F)nc2C(F)(F)F)C1)CN1CC(F)(F)CCC1=O. The molecule has 34 heavy (non-hydrogen) atoms. The van der Waals surface area contributed by atoms with E-state index < -0.39 is 91.3 Å². The number of amides is 2. The maximum absolute atomic E-state index is 13.5. The summed E-state index contributed by atoms with van der Waals surface area (Å²) < 4.78 is 106. The Morgan fingerprint density at radius 2 is 1.74 bits per heavy atom. The number of nitrogens with two attached hydrogens (primary N) is 1. The largest absolute Gasteiger partial charge is 0.451 e. The molecule has 3 heterocycles. The second-order valence-electron chi connectivity index (χ2n) is 7.98. The van der Waals surface area contributed by atoms with Crippen LogP contribution in [0.1, 0.15) is 49.5 Å². The molecule has 2 aliphatic rings. The Balaban J connectivity index is 0.00000408. The van der Waals surface area contributed by atoms with Crippen molar-refractivity contribution in [2.45, 2.75) is 64.0 Å². The third-order valence-corrected chi connectivity index (χ3v) is 5.31. The maximum atomic E-state index is 13.5. The van der Waals surface area contributed by atoms with Crippen LogP contribution in [0.2, 0.25) is 0 Å². The normalized spacial score (nSPS) is 19.4. The Morgan fingerprint density at radius 3 is 2.32 bits per heavy atom. The van der Waals surface area contributed by atoms with Crippen LogP contribution < -0.4 is 5.73 Å². The molecule has 15 heteroatoms. The van der Waals surface area contributed by atoms with E-state index in [1.807, 2.05) is 0 Å². The minimum absolute atomic E-state index is 0. The second kappa shape index (κ2) is 9.58. The number of halogens is 8. The molecule has 1 fully saturated rings. The zero-order valence-corrected chi connectivity index (χ0v) is 16.9. The molecule has 0 saturated carbocycles. The molecule has 0 unspecified atom stereocenters.